The van der Waals surface area contributed by atoms with E-state index in [2.05, 4.69) is 25.4 Å². The van der Waals surface area contributed by atoms with Crippen molar-refractivity contribution in [2.45, 2.75) is 33.7 Å². The van der Waals surface area contributed by atoms with Gasteiger partial charge in [0.2, 0.25) is 10.0 Å². The van der Waals surface area contributed by atoms with Gasteiger partial charge >= 0.3 is 0 Å². The fourth-order valence-electron chi connectivity index (χ4n) is 1.86. The second-order valence-electron chi connectivity index (χ2n) is 5.10. The third-order valence-corrected chi connectivity index (χ3v) is 5.29. The van der Waals surface area contributed by atoms with E-state index in [4.69, 9.17) is 0 Å². The molecule has 1 heterocycles. The van der Waals surface area contributed by atoms with Crippen molar-refractivity contribution < 1.29 is 8.42 Å². The van der Waals surface area contributed by atoms with Crippen LogP contribution in [-0.4, -0.2) is 56.7 Å². The first-order valence-corrected chi connectivity index (χ1v) is 10.3. The van der Waals surface area contributed by atoms with E-state index >= 15 is 0 Å². The van der Waals surface area contributed by atoms with Gasteiger partial charge in [0.25, 0.3) is 0 Å². The summed E-state index contributed by atoms with van der Waals surface area (Å²) >= 11 is 1.64. The highest BCUT2D eigenvalue weighted by molar-refractivity contribution is 7.89. The molecular weight excluding hydrogens is 334 g/mol. The minimum atomic E-state index is -3.12. The molecule has 1 rings (SSSR count). The van der Waals surface area contributed by atoms with Crippen LogP contribution in [0.2, 0.25) is 0 Å². The Labute approximate surface area is 143 Å². The quantitative estimate of drug-likeness (QED) is 0.392. The molecule has 0 aliphatic carbocycles. The van der Waals surface area contributed by atoms with Gasteiger partial charge in [0.1, 0.15) is 0 Å². The molecule has 0 saturated carbocycles. The zero-order valence-corrected chi connectivity index (χ0v) is 15.9. The van der Waals surface area contributed by atoms with Crippen molar-refractivity contribution in [2.75, 3.05) is 32.4 Å². The average Bonchev–Trinajstić information content (AvgIpc) is 2.90. The van der Waals surface area contributed by atoms with Crippen molar-refractivity contribution in [1.29, 1.82) is 0 Å². The molecule has 0 saturated heterocycles. The SMILES string of the molecule is CCNC(=NCCCNS(=O)(=O)CC)N(C)Cc1csc(C)n1. The van der Waals surface area contributed by atoms with E-state index in [1.807, 2.05) is 25.8 Å². The fraction of sp³-hybridized carbons (Fsp3) is 0.714. The number of guanidine groups is 1. The van der Waals surface area contributed by atoms with E-state index < -0.39 is 10.0 Å². The fourth-order valence-corrected chi connectivity index (χ4v) is 3.13. The highest BCUT2D eigenvalue weighted by atomic mass is 32.2. The smallest absolute Gasteiger partial charge is 0.211 e. The topological polar surface area (TPSA) is 86.7 Å². The summed E-state index contributed by atoms with van der Waals surface area (Å²) in [6.45, 7) is 8.08. The largest absolute Gasteiger partial charge is 0.357 e. The highest BCUT2D eigenvalue weighted by Gasteiger charge is 2.09. The second-order valence-corrected chi connectivity index (χ2v) is 8.26. The number of aliphatic imine (C=N–C) groups is 1. The molecule has 0 radical (unpaired) electrons. The summed E-state index contributed by atoms with van der Waals surface area (Å²) in [5.74, 6) is 0.908. The van der Waals surface area contributed by atoms with Crippen molar-refractivity contribution in [1.82, 2.24) is 19.9 Å². The van der Waals surface area contributed by atoms with Gasteiger partial charge in [-0.25, -0.2) is 18.1 Å². The van der Waals surface area contributed by atoms with Crippen LogP contribution in [0.1, 0.15) is 31.0 Å². The van der Waals surface area contributed by atoms with E-state index in [1.165, 1.54) is 0 Å². The van der Waals surface area contributed by atoms with Gasteiger partial charge in [-0.15, -0.1) is 11.3 Å². The molecule has 1 aromatic rings. The van der Waals surface area contributed by atoms with E-state index in [1.54, 1.807) is 18.3 Å². The standard InChI is InChI=1S/C14H27N5O2S2/c1-5-15-14(16-8-7-9-17-23(20,21)6-2)19(4)10-13-11-22-12(3)18-13/h11,17H,5-10H2,1-4H3,(H,15,16). The molecule has 0 bridgehead atoms. The molecule has 0 aliphatic heterocycles. The lowest BCUT2D eigenvalue weighted by Crippen LogP contribution is -2.38. The summed E-state index contributed by atoms with van der Waals surface area (Å²) in [6.07, 6.45) is 0.664. The molecule has 1 aromatic heterocycles. The molecule has 132 valence electrons. The van der Waals surface area contributed by atoms with Crippen LogP contribution in [0.4, 0.5) is 0 Å². The predicted molar refractivity (Wildman–Crippen MR) is 96.4 cm³/mol. The third-order valence-electron chi connectivity index (χ3n) is 3.06. The summed E-state index contributed by atoms with van der Waals surface area (Å²) in [7, 11) is -1.15. The van der Waals surface area contributed by atoms with Crippen LogP contribution in [0, 0.1) is 6.92 Å². The van der Waals surface area contributed by atoms with Gasteiger partial charge in [-0.3, -0.25) is 4.99 Å². The molecule has 9 heteroatoms. The Morgan fingerprint density at radius 1 is 1.43 bits per heavy atom. The molecule has 23 heavy (non-hydrogen) atoms. The Bertz CT molecular complexity index is 598. The maximum Gasteiger partial charge on any atom is 0.211 e. The Morgan fingerprint density at radius 2 is 2.17 bits per heavy atom. The van der Waals surface area contributed by atoms with Crippen LogP contribution in [0.5, 0.6) is 0 Å². The van der Waals surface area contributed by atoms with E-state index in [9.17, 15) is 8.42 Å². The number of hydrogen-bond donors (Lipinski definition) is 2. The normalized spacial score (nSPS) is 12.4. The molecule has 0 amide bonds. The minimum Gasteiger partial charge on any atom is -0.357 e. The van der Waals surface area contributed by atoms with Gasteiger partial charge in [-0.05, 0) is 27.2 Å². The lowest BCUT2D eigenvalue weighted by molar-refractivity contribution is 0.470. The molecule has 0 spiro atoms. The molecule has 0 aromatic carbocycles. The van der Waals surface area contributed by atoms with Crippen LogP contribution < -0.4 is 10.0 Å². The maximum absolute atomic E-state index is 11.3. The first-order valence-electron chi connectivity index (χ1n) is 7.75. The molecule has 0 atom stereocenters. The van der Waals surface area contributed by atoms with Crippen LogP contribution in [0.3, 0.4) is 0 Å². The molecule has 0 fully saturated rings. The average molecular weight is 362 g/mol. The summed E-state index contributed by atoms with van der Waals surface area (Å²) < 4.78 is 25.2. The van der Waals surface area contributed by atoms with Crippen molar-refractivity contribution in [3.63, 3.8) is 0 Å². The van der Waals surface area contributed by atoms with Gasteiger partial charge in [0.15, 0.2) is 5.96 Å². The summed E-state index contributed by atoms with van der Waals surface area (Å²) in [5, 5.41) is 6.35. The van der Waals surface area contributed by atoms with Crippen molar-refractivity contribution in [2.24, 2.45) is 4.99 Å². The molecule has 0 aliphatic rings. The van der Waals surface area contributed by atoms with E-state index in [-0.39, 0.29) is 5.75 Å². The van der Waals surface area contributed by atoms with Gasteiger partial charge < -0.3 is 10.2 Å². The van der Waals surface area contributed by atoms with Crippen LogP contribution >= 0.6 is 11.3 Å². The summed E-state index contributed by atoms with van der Waals surface area (Å²) in [4.78, 5) is 11.0. The number of sulfonamides is 1. The van der Waals surface area contributed by atoms with Crippen molar-refractivity contribution in [3.05, 3.63) is 16.1 Å². The lowest BCUT2D eigenvalue weighted by Gasteiger charge is -2.21. The van der Waals surface area contributed by atoms with Crippen LogP contribution in [0.15, 0.2) is 10.4 Å². The third kappa shape index (κ3) is 7.76. The Kier molecular flexibility index (Phi) is 8.49. The maximum atomic E-state index is 11.3. The Balaban J connectivity index is 2.49. The number of thiazole rings is 1. The van der Waals surface area contributed by atoms with Crippen LogP contribution in [0.25, 0.3) is 0 Å². The number of aryl methyl sites for hydroxylation is 1. The van der Waals surface area contributed by atoms with Gasteiger partial charge in [-0.2, -0.15) is 0 Å². The molecule has 2 N–H and O–H groups in total. The number of rotatable bonds is 9. The van der Waals surface area contributed by atoms with Crippen molar-refractivity contribution >= 4 is 27.3 Å². The van der Waals surface area contributed by atoms with Gasteiger partial charge in [-0.1, -0.05) is 0 Å². The lowest BCUT2D eigenvalue weighted by atomic mass is 10.4. The molecular formula is C14H27N5O2S2. The van der Waals surface area contributed by atoms with Crippen molar-refractivity contribution in [3.8, 4) is 0 Å². The number of nitrogens with zero attached hydrogens (tertiary/aromatic N) is 3. The second kappa shape index (κ2) is 9.84. The Morgan fingerprint density at radius 3 is 2.74 bits per heavy atom. The number of hydrogen-bond acceptors (Lipinski definition) is 5. The summed E-state index contributed by atoms with van der Waals surface area (Å²) in [6, 6.07) is 0. The van der Waals surface area contributed by atoms with E-state index in [0.29, 0.717) is 26.1 Å². The minimum absolute atomic E-state index is 0.106. The zero-order chi connectivity index (χ0) is 17.3. The van der Waals surface area contributed by atoms with Gasteiger partial charge in [0, 0.05) is 32.1 Å². The zero-order valence-electron chi connectivity index (χ0n) is 14.3. The first-order chi connectivity index (χ1) is 10.9. The molecule has 7 nitrogen and oxygen atoms in total. The monoisotopic (exact) mass is 361 g/mol. The predicted octanol–water partition coefficient (Wildman–Crippen LogP) is 1.18. The van der Waals surface area contributed by atoms with E-state index in [0.717, 1.165) is 23.2 Å². The number of aromatic nitrogens is 1. The number of nitrogens with one attached hydrogen (secondary N) is 2. The Hall–Kier alpha value is -1.19. The first kappa shape index (κ1) is 19.9. The van der Waals surface area contributed by atoms with Gasteiger partial charge in [0.05, 0.1) is 23.0 Å². The highest BCUT2D eigenvalue weighted by Crippen LogP contribution is 2.09. The molecule has 0 unspecified atom stereocenters. The summed E-state index contributed by atoms with van der Waals surface area (Å²) in [5.41, 5.74) is 1.02. The van der Waals surface area contributed by atoms with Crippen LogP contribution in [-0.2, 0) is 16.6 Å².